The standard InChI is InChI=1S/C20H12O4/c21-19(22)15-8-7-11-5-6-14-9-12-3-1-2-4-13(12)10-16(14)17(11)18(15)20(23)24/h1-10H,(H,21,22)(H,23,24). The molecule has 4 nitrogen and oxygen atoms in total. The second kappa shape index (κ2) is 5.06. The van der Waals surface area contributed by atoms with Crippen LogP contribution < -0.4 is 0 Å². The van der Waals surface area contributed by atoms with E-state index in [1.165, 1.54) is 6.07 Å². The molecular weight excluding hydrogens is 304 g/mol. The Hall–Kier alpha value is -3.40. The van der Waals surface area contributed by atoms with Crippen molar-refractivity contribution in [1.82, 2.24) is 0 Å². The average Bonchev–Trinajstić information content (AvgIpc) is 2.58. The van der Waals surface area contributed by atoms with E-state index >= 15 is 0 Å². The van der Waals surface area contributed by atoms with Gasteiger partial charge in [0.05, 0.1) is 11.1 Å². The topological polar surface area (TPSA) is 74.6 Å². The minimum atomic E-state index is -1.24. The summed E-state index contributed by atoms with van der Waals surface area (Å²) >= 11 is 0. The van der Waals surface area contributed by atoms with Crippen LogP contribution in [0.3, 0.4) is 0 Å². The first-order valence-corrected chi connectivity index (χ1v) is 7.41. The van der Waals surface area contributed by atoms with Crippen molar-refractivity contribution in [2.24, 2.45) is 0 Å². The zero-order valence-corrected chi connectivity index (χ0v) is 12.5. The molecule has 4 aromatic carbocycles. The van der Waals surface area contributed by atoms with Crippen molar-refractivity contribution in [3.63, 3.8) is 0 Å². The van der Waals surface area contributed by atoms with E-state index in [1.54, 1.807) is 6.07 Å². The molecule has 24 heavy (non-hydrogen) atoms. The van der Waals surface area contributed by atoms with Gasteiger partial charge in [0.15, 0.2) is 0 Å². The van der Waals surface area contributed by atoms with Crippen LogP contribution in [0.15, 0.2) is 60.7 Å². The lowest BCUT2D eigenvalue weighted by Crippen LogP contribution is -2.08. The molecule has 0 amide bonds. The van der Waals surface area contributed by atoms with Crippen molar-refractivity contribution in [2.75, 3.05) is 0 Å². The fourth-order valence-electron chi connectivity index (χ4n) is 3.24. The smallest absolute Gasteiger partial charge is 0.337 e. The van der Waals surface area contributed by atoms with Crippen molar-refractivity contribution in [3.8, 4) is 0 Å². The van der Waals surface area contributed by atoms with Crippen molar-refractivity contribution in [2.45, 2.75) is 0 Å². The van der Waals surface area contributed by atoms with Crippen LogP contribution in [0.1, 0.15) is 20.7 Å². The van der Waals surface area contributed by atoms with E-state index in [-0.39, 0.29) is 11.1 Å². The Labute approximate surface area is 136 Å². The van der Waals surface area contributed by atoms with Gasteiger partial charge < -0.3 is 10.2 Å². The summed E-state index contributed by atoms with van der Waals surface area (Å²) in [5.74, 6) is -2.48. The molecule has 0 aliphatic heterocycles. The van der Waals surface area contributed by atoms with E-state index in [2.05, 4.69) is 0 Å². The van der Waals surface area contributed by atoms with E-state index < -0.39 is 11.9 Å². The van der Waals surface area contributed by atoms with Crippen LogP contribution in [0.5, 0.6) is 0 Å². The number of carbonyl (C=O) groups is 2. The lowest BCUT2D eigenvalue weighted by molar-refractivity contribution is 0.0653. The molecule has 0 aromatic heterocycles. The van der Waals surface area contributed by atoms with Gasteiger partial charge in [-0.05, 0) is 45.1 Å². The highest BCUT2D eigenvalue weighted by Crippen LogP contribution is 2.33. The second-order valence-electron chi connectivity index (χ2n) is 5.68. The number of fused-ring (bicyclic) bond motifs is 4. The average molecular weight is 316 g/mol. The zero-order chi connectivity index (χ0) is 16.8. The monoisotopic (exact) mass is 316 g/mol. The first-order chi connectivity index (χ1) is 11.6. The molecule has 0 saturated heterocycles. The Kier molecular flexibility index (Phi) is 3.00. The summed E-state index contributed by atoms with van der Waals surface area (Å²) < 4.78 is 0. The third kappa shape index (κ3) is 2.01. The minimum absolute atomic E-state index is 0.166. The van der Waals surface area contributed by atoms with Crippen LogP contribution in [0.25, 0.3) is 32.3 Å². The van der Waals surface area contributed by atoms with Gasteiger partial charge in [-0.15, -0.1) is 0 Å². The van der Waals surface area contributed by atoms with Crippen LogP contribution in [0.2, 0.25) is 0 Å². The zero-order valence-electron chi connectivity index (χ0n) is 12.5. The number of hydrogen-bond donors (Lipinski definition) is 2. The van der Waals surface area contributed by atoms with Gasteiger partial charge >= 0.3 is 11.9 Å². The van der Waals surface area contributed by atoms with Crippen molar-refractivity contribution in [1.29, 1.82) is 0 Å². The third-order valence-corrected chi connectivity index (χ3v) is 4.31. The fraction of sp³-hybridized carbons (Fsp3) is 0. The molecule has 2 N–H and O–H groups in total. The number of aromatic carboxylic acids is 2. The van der Waals surface area contributed by atoms with Crippen LogP contribution in [0.4, 0.5) is 0 Å². The maximum atomic E-state index is 11.8. The molecule has 116 valence electrons. The summed E-state index contributed by atoms with van der Waals surface area (Å²) in [6.45, 7) is 0. The maximum absolute atomic E-state index is 11.8. The van der Waals surface area contributed by atoms with Crippen molar-refractivity contribution < 1.29 is 19.8 Å². The lowest BCUT2D eigenvalue weighted by atomic mass is 9.92. The molecular formula is C20H12O4. The van der Waals surface area contributed by atoms with Crippen molar-refractivity contribution in [3.05, 3.63) is 71.8 Å². The van der Waals surface area contributed by atoms with Crippen LogP contribution in [-0.4, -0.2) is 22.2 Å². The molecule has 0 atom stereocenters. The summed E-state index contributed by atoms with van der Waals surface area (Å²) in [6, 6.07) is 18.5. The molecule has 0 aliphatic rings. The first kappa shape index (κ1) is 14.2. The number of benzene rings is 4. The Bertz CT molecular complexity index is 1160. The van der Waals surface area contributed by atoms with Gasteiger partial charge in [0.2, 0.25) is 0 Å². The molecule has 0 aliphatic carbocycles. The molecule has 4 rings (SSSR count). The van der Waals surface area contributed by atoms with Gasteiger partial charge in [-0.25, -0.2) is 9.59 Å². The highest BCUT2D eigenvalue weighted by atomic mass is 16.4. The third-order valence-electron chi connectivity index (χ3n) is 4.31. The van der Waals surface area contributed by atoms with Crippen molar-refractivity contribution >= 4 is 44.3 Å². The summed E-state index contributed by atoms with van der Waals surface area (Å²) in [4.78, 5) is 23.2. The van der Waals surface area contributed by atoms with Crippen LogP contribution >= 0.6 is 0 Å². The largest absolute Gasteiger partial charge is 0.478 e. The summed E-state index contributed by atoms with van der Waals surface area (Å²) in [7, 11) is 0. The summed E-state index contributed by atoms with van der Waals surface area (Å²) in [6.07, 6.45) is 0. The van der Waals surface area contributed by atoms with Gasteiger partial charge in [-0.1, -0.05) is 42.5 Å². The fourth-order valence-corrected chi connectivity index (χ4v) is 3.24. The lowest BCUT2D eigenvalue weighted by Gasteiger charge is -2.11. The SMILES string of the molecule is O=C(O)c1ccc2ccc3cc4ccccc4cc3c2c1C(=O)O. The minimum Gasteiger partial charge on any atom is -0.478 e. The van der Waals surface area contributed by atoms with Crippen LogP contribution in [0, 0.1) is 0 Å². The Morgan fingerprint density at radius 1 is 0.667 bits per heavy atom. The predicted octanol–water partition coefficient (Wildman–Crippen LogP) is 4.54. The molecule has 4 heteroatoms. The van der Waals surface area contributed by atoms with E-state index in [4.69, 9.17) is 0 Å². The van der Waals surface area contributed by atoms with E-state index in [0.717, 1.165) is 21.5 Å². The van der Waals surface area contributed by atoms with E-state index in [9.17, 15) is 19.8 Å². The quantitative estimate of drug-likeness (QED) is 0.420. The Balaban J connectivity index is 2.27. The molecule has 0 saturated carbocycles. The van der Waals surface area contributed by atoms with Gasteiger partial charge in [-0.3, -0.25) is 0 Å². The molecule has 0 bridgehead atoms. The Morgan fingerprint density at radius 2 is 1.29 bits per heavy atom. The molecule has 0 heterocycles. The molecule has 0 spiro atoms. The highest BCUT2D eigenvalue weighted by molar-refractivity contribution is 6.21. The van der Waals surface area contributed by atoms with Gasteiger partial charge in [0.25, 0.3) is 0 Å². The predicted molar refractivity (Wildman–Crippen MR) is 92.9 cm³/mol. The highest BCUT2D eigenvalue weighted by Gasteiger charge is 2.20. The second-order valence-corrected chi connectivity index (χ2v) is 5.68. The number of hydrogen-bond acceptors (Lipinski definition) is 2. The van der Waals surface area contributed by atoms with Gasteiger partial charge in [0.1, 0.15) is 0 Å². The van der Waals surface area contributed by atoms with Crippen LogP contribution in [-0.2, 0) is 0 Å². The normalized spacial score (nSPS) is 11.2. The summed E-state index contributed by atoms with van der Waals surface area (Å²) in [5, 5.41) is 23.8. The molecule has 0 unspecified atom stereocenters. The van der Waals surface area contributed by atoms with Gasteiger partial charge in [0, 0.05) is 5.39 Å². The number of rotatable bonds is 2. The van der Waals surface area contributed by atoms with E-state index in [1.807, 2.05) is 48.5 Å². The number of carboxylic acid groups (broad SMARTS) is 2. The Morgan fingerprint density at radius 3 is 1.96 bits per heavy atom. The van der Waals surface area contributed by atoms with E-state index in [0.29, 0.717) is 10.8 Å². The molecule has 4 aromatic rings. The molecule has 0 fully saturated rings. The summed E-state index contributed by atoms with van der Waals surface area (Å²) in [5.41, 5.74) is -0.364. The molecule has 0 radical (unpaired) electrons. The number of carboxylic acids is 2. The first-order valence-electron chi connectivity index (χ1n) is 7.41. The maximum Gasteiger partial charge on any atom is 0.337 e. The van der Waals surface area contributed by atoms with Gasteiger partial charge in [-0.2, -0.15) is 0 Å².